The monoisotopic (exact) mass is 248 g/mol. The van der Waals surface area contributed by atoms with Crippen molar-refractivity contribution in [3.63, 3.8) is 0 Å². The quantitative estimate of drug-likeness (QED) is 0.698. The minimum Gasteiger partial charge on any atom is -0.206 e. The van der Waals surface area contributed by atoms with Crippen molar-refractivity contribution in [1.29, 1.82) is 0 Å². The summed E-state index contributed by atoms with van der Waals surface area (Å²) in [5.74, 6) is -0.292. The number of alkyl halides is 1. The molecular weight excluding hydrogens is 242 g/mol. The van der Waals surface area contributed by atoms with Gasteiger partial charge in [-0.3, -0.25) is 0 Å². The van der Waals surface area contributed by atoms with Gasteiger partial charge < -0.3 is 0 Å². The normalized spacial score (nSPS) is 10.9. The zero-order chi connectivity index (χ0) is 8.97. The predicted octanol–water partition coefficient (Wildman–Crippen LogP) is 3.89. The standard InChI is InChI=1S/C9H7BrClF/c10-5-1-2-7-3-4-8(11)6-9(7)12/h1-4,6H,5H2. The number of hydrogen-bond acceptors (Lipinski definition) is 0. The number of allylic oxidation sites excluding steroid dienone is 1. The Morgan fingerprint density at radius 2 is 2.25 bits per heavy atom. The molecule has 1 aromatic rings. The van der Waals surface area contributed by atoms with Crippen LogP contribution in [0.5, 0.6) is 0 Å². The highest BCUT2D eigenvalue weighted by molar-refractivity contribution is 9.09. The van der Waals surface area contributed by atoms with Gasteiger partial charge in [0.15, 0.2) is 0 Å². The van der Waals surface area contributed by atoms with Crippen molar-refractivity contribution in [3.8, 4) is 0 Å². The first kappa shape index (κ1) is 9.75. The van der Waals surface area contributed by atoms with Crippen molar-refractivity contribution < 1.29 is 4.39 Å². The summed E-state index contributed by atoms with van der Waals surface area (Å²) >= 11 is 8.79. The molecule has 0 unspecified atom stereocenters. The van der Waals surface area contributed by atoms with Crippen LogP contribution in [0.3, 0.4) is 0 Å². The van der Waals surface area contributed by atoms with Gasteiger partial charge in [0.1, 0.15) is 5.82 Å². The smallest absolute Gasteiger partial charge is 0.131 e. The largest absolute Gasteiger partial charge is 0.206 e. The molecule has 0 radical (unpaired) electrons. The lowest BCUT2D eigenvalue weighted by Gasteiger charge is -1.96. The highest BCUT2D eigenvalue weighted by atomic mass is 79.9. The molecule has 12 heavy (non-hydrogen) atoms. The van der Waals surface area contributed by atoms with Gasteiger partial charge in [-0.05, 0) is 12.1 Å². The Bertz CT molecular complexity index is 297. The highest BCUT2D eigenvalue weighted by Crippen LogP contribution is 2.15. The molecule has 0 aliphatic heterocycles. The van der Waals surface area contributed by atoms with Crippen molar-refractivity contribution in [2.75, 3.05) is 5.33 Å². The van der Waals surface area contributed by atoms with Crippen molar-refractivity contribution in [2.24, 2.45) is 0 Å². The SMILES string of the molecule is Fc1cc(Cl)ccc1C=CCBr. The van der Waals surface area contributed by atoms with Crippen molar-refractivity contribution in [2.45, 2.75) is 0 Å². The van der Waals surface area contributed by atoms with E-state index >= 15 is 0 Å². The van der Waals surface area contributed by atoms with E-state index in [9.17, 15) is 4.39 Å². The molecule has 0 aliphatic carbocycles. The van der Waals surface area contributed by atoms with E-state index in [0.29, 0.717) is 10.6 Å². The molecule has 64 valence electrons. The van der Waals surface area contributed by atoms with Crippen LogP contribution in [0.25, 0.3) is 6.08 Å². The van der Waals surface area contributed by atoms with E-state index in [1.807, 2.05) is 6.08 Å². The van der Waals surface area contributed by atoms with E-state index in [2.05, 4.69) is 15.9 Å². The predicted molar refractivity (Wildman–Crippen MR) is 54.2 cm³/mol. The lowest BCUT2D eigenvalue weighted by Crippen LogP contribution is -1.80. The molecule has 1 aromatic carbocycles. The van der Waals surface area contributed by atoms with Crippen LogP contribution in [0.2, 0.25) is 5.02 Å². The summed E-state index contributed by atoms with van der Waals surface area (Å²) in [4.78, 5) is 0. The van der Waals surface area contributed by atoms with Gasteiger partial charge >= 0.3 is 0 Å². The summed E-state index contributed by atoms with van der Waals surface area (Å²) in [5.41, 5.74) is 0.554. The summed E-state index contributed by atoms with van der Waals surface area (Å²) < 4.78 is 13.0. The summed E-state index contributed by atoms with van der Waals surface area (Å²) in [5, 5.41) is 1.14. The summed E-state index contributed by atoms with van der Waals surface area (Å²) in [6, 6.07) is 4.62. The number of benzene rings is 1. The van der Waals surface area contributed by atoms with Crippen LogP contribution >= 0.6 is 27.5 Å². The van der Waals surface area contributed by atoms with Gasteiger partial charge in [0.25, 0.3) is 0 Å². The lowest BCUT2D eigenvalue weighted by atomic mass is 10.2. The molecule has 1 rings (SSSR count). The minimum absolute atomic E-state index is 0.292. The van der Waals surface area contributed by atoms with Crippen LogP contribution in [0.1, 0.15) is 5.56 Å². The Labute approximate surface area is 84.2 Å². The molecule has 0 bridgehead atoms. The third kappa shape index (κ3) is 2.61. The second-order valence-corrected chi connectivity index (χ2v) is 3.31. The number of halogens is 3. The molecule has 0 aromatic heterocycles. The van der Waals surface area contributed by atoms with Gasteiger partial charge in [0.05, 0.1) is 0 Å². The Balaban J connectivity index is 2.94. The van der Waals surface area contributed by atoms with Gasteiger partial charge in [-0.25, -0.2) is 4.39 Å². The molecule has 0 fully saturated rings. The molecular formula is C9H7BrClF. The molecule has 0 heterocycles. The molecule has 0 aliphatic rings. The summed E-state index contributed by atoms with van der Waals surface area (Å²) in [7, 11) is 0. The van der Waals surface area contributed by atoms with E-state index < -0.39 is 0 Å². The molecule has 0 N–H and O–H groups in total. The maximum absolute atomic E-state index is 13.0. The van der Waals surface area contributed by atoms with E-state index in [0.717, 1.165) is 5.33 Å². The van der Waals surface area contributed by atoms with Gasteiger partial charge in [-0.15, -0.1) is 0 Å². The Morgan fingerprint density at radius 1 is 1.50 bits per heavy atom. The van der Waals surface area contributed by atoms with Crippen molar-refractivity contribution in [1.82, 2.24) is 0 Å². The molecule has 0 saturated heterocycles. The maximum atomic E-state index is 13.0. The third-order valence-corrected chi connectivity index (χ3v) is 1.96. The number of hydrogen-bond donors (Lipinski definition) is 0. The van der Waals surface area contributed by atoms with Crippen LogP contribution in [0.15, 0.2) is 24.3 Å². The van der Waals surface area contributed by atoms with E-state index in [4.69, 9.17) is 11.6 Å². The fourth-order valence-corrected chi connectivity index (χ4v) is 1.15. The topological polar surface area (TPSA) is 0 Å². The van der Waals surface area contributed by atoms with Gasteiger partial charge in [-0.1, -0.05) is 45.7 Å². The van der Waals surface area contributed by atoms with Crippen LogP contribution in [0.4, 0.5) is 4.39 Å². The van der Waals surface area contributed by atoms with Gasteiger partial charge in [0.2, 0.25) is 0 Å². The average Bonchev–Trinajstić information content (AvgIpc) is 2.03. The van der Waals surface area contributed by atoms with E-state index in [1.165, 1.54) is 6.07 Å². The average molecular weight is 250 g/mol. The molecule has 0 nitrogen and oxygen atoms in total. The summed E-state index contributed by atoms with van der Waals surface area (Å²) in [6.45, 7) is 0. The van der Waals surface area contributed by atoms with E-state index in [1.54, 1.807) is 18.2 Å². The molecule has 0 atom stereocenters. The van der Waals surface area contributed by atoms with Crippen molar-refractivity contribution in [3.05, 3.63) is 40.7 Å². The number of rotatable bonds is 2. The van der Waals surface area contributed by atoms with Crippen LogP contribution < -0.4 is 0 Å². The fourth-order valence-electron chi connectivity index (χ4n) is 0.808. The first-order chi connectivity index (χ1) is 5.74. The van der Waals surface area contributed by atoms with Crippen LogP contribution in [-0.2, 0) is 0 Å². The lowest BCUT2D eigenvalue weighted by molar-refractivity contribution is 0.625. The minimum atomic E-state index is -0.292. The Morgan fingerprint density at radius 3 is 2.83 bits per heavy atom. The zero-order valence-electron chi connectivity index (χ0n) is 6.23. The maximum Gasteiger partial charge on any atom is 0.131 e. The van der Waals surface area contributed by atoms with E-state index in [-0.39, 0.29) is 5.82 Å². The molecule has 0 amide bonds. The van der Waals surface area contributed by atoms with Crippen LogP contribution in [-0.4, -0.2) is 5.33 Å². The first-order valence-corrected chi connectivity index (χ1v) is 4.91. The highest BCUT2D eigenvalue weighted by Gasteiger charge is 1.97. The molecule has 0 spiro atoms. The summed E-state index contributed by atoms with van der Waals surface area (Å²) in [6.07, 6.45) is 3.53. The fraction of sp³-hybridized carbons (Fsp3) is 0.111. The van der Waals surface area contributed by atoms with Gasteiger partial charge in [0, 0.05) is 15.9 Å². The zero-order valence-corrected chi connectivity index (χ0v) is 8.57. The molecule has 0 saturated carbocycles. The van der Waals surface area contributed by atoms with Crippen LogP contribution in [0, 0.1) is 5.82 Å². The van der Waals surface area contributed by atoms with Crippen molar-refractivity contribution >= 4 is 33.6 Å². The molecule has 3 heteroatoms. The second kappa shape index (κ2) is 4.63. The first-order valence-electron chi connectivity index (χ1n) is 3.41. The second-order valence-electron chi connectivity index (χ2n) is 2.22. The third-order valence-electron chi connectivity index (χ3n) is 1.35. The Kier molecular flexibility index (Phi) is 3.76. The Hall–Kier alpha value is -0.340. The van der Waals surface area contributed by atoms with Gasteiger partial charge in [-0.2, -0.15) is 0 Å².